The lowest BCUT2D eigenvalue weighted by atomic mass is 10.0. The molecule has 2 fully saturated rings. The Hall–Kier alpha value is -2.51. The number of guanidine groups is 1. The molecule has 1 saturated heterocycles. The first-order valence-corrected chi connectivity index (χ1v) is 10.2. The van der Waals surface area contributed by atoms with Gasteiger partial charge in [0.1, 0.15) is 0 Å². The average molecular weight is 390 g/mol. The minimum Gasteiger partial charge on any atom is -0.459 e. The summed E-state index contributed by atoms with van der Waals surface area (Å²) in [5.41, 5.74) is 0. The maximum atomic E-state index is 12.3. The lowest BCUT2D eigenvalue weighted by Crippen LogP contribution is -2.54. The van der Waals surface area contributed by atoms with Gasteiger partial charge in [0.2, 0.25) is 5.91 Å². The van der Waals surface area contributed by atoms with Crippen LogP contribution in [0.1, 0.15) is 42.7 Å². The molecular weight excluding hydrogens is 358 g/mol. The van der Waals surface area contributed by atoms with Crippen LogP contribution in [0.15, 0.2) is 27.8 Å². The summed E-state index contributed by atoms with van der Waals surface area (Å²) in [7, 11) is 1.75. The number of carbonyl (C=O) groups is 2. The lowest BCUT2D eigenvalue weighted by molar-refractivity contribution is -0.121. The summed E-state index contributed by atoms with van der Waals surface area (Å²) in [5.74, 6) is 1.83. The molecule has 2 N–H and O–H groups in total. The van der Waals surface area contributed by atoms with E-state index in [4.69, 9.17) is 4.42 Å². The molecule has 2 heterocycles. The van der Waals surface area contributed by atoms with Crippen molar-refractivity contribution in [2.24, 2.45) is 10.9 Å². The molecule has 2 aliphatic rings. The van der Waals surface area contributed by atoms with Crippen LogP contribution >= 0.6 is 0 Å². The number of nitrogens with zero attached hydrogens (tertiary/aromatic N) is 3. The van der Waals surface area contributed by atoms with Gasteiger partial charge in [0.15, 0.2) is 11.7 Å². The summed E-state index contributed by atoms with van der Waals surface area (Å²) in [4.78, 5) is 32.6. The predicted molar refractivity (Wildman–Crippen MR) is 107 cm³/mol. The second-order valence-electron chi connectivity index (χ2n) is 7.44. The molecule has 0 spiro atoms. The fourth-order valence-electron chi connectivity index (χ4n) is 3.93. The minimum absolute atomic E-state index is 0.0717. The largest absolute Gasteiger partial charge is 0.459 e. The molecule has 0 radical (unpaired) electrons. The molecule has 1 aromatic rings. The van der Waals surface area contributed by atoms with E-state index in [2.05, 4.69) is 20.5 Å². The van der Waals surface area contributed by atoms with Gasteiger partial charge in [-0.25, -0.2) is 0 Å². The molecule has 8 heteroatoms. The van der Waals surface area contributed by atoms with Gasteiger partial charge in [0.05, 0.1) is 6.26 Å². The summed E-state index contributed by atoms with van der Waals surface area (Å²) in [5, 5.41) is 6.29. The smallest absolute Gasteiger partial charge is 0.289 e. The number of piperazine rings is 1. The number of furan rings is 1. The Morgan fingerprint density at radius 3 is 2.43 bits per heavy atom. The van der Waals surface area contributed by atoms with Crippen molar-refractivity contribution in [2.75, 3.05) is 46.3 Å². The van der Waals surface area contributed by atoms with Gasteiger partial charge >= 0.3 is 0 Å². The fraction of sp³-hybridized carbons (Fsp3) is 0.650. The molecule has 3 rings (SSSR count). The molecule has 0 aromatic carbocycles. The van der Waals surface area contributed by atoms with Crippen molar-refractivity contribution in [3.63, 3.8) is 0 Å². The van der Waals surface area contributed by atoms with Crippen LogP contribution in [0.5, 0.6) is 0 Å². The number of carbonyl (C=O) groups excluding carboxylic acids is 2. The van der Waals surface area contributed by atoms with Gasteiger partial charge in [-0.1, -0.05) is 12.8 Å². The number of hydrogen-bond acceptors (Lipinski definition) is 4. The number of rotatable bonds is 6. The third kappa shape index (κ3) is 5.50. The van der Waals surface area contributed by atoms with Crippen LogP contribution in [0.25, 0.3) is 0 Å². The van der Waals surface area contributed by atoms with E-state index in [0.29, 0.717) is 57.4 Å². The molecular formula is C20H31N5O3. The zero-order chi connectivity index (χ0) is 19.8. The summed E-state index contributed by atoms with van der Waals surface area (Å²) in [6.45, 7) is 3.88. The lowest BCUT2D eigenvalue weighted by Gasteiger charge is -2.36. The summed E-state index contributed by atoms with van der Waals surface area (Å²) in [6.07, 6.45) is 7.06. The average Bonchev–Trinajstić information content (AvgIpc) is 3.42. The van der Waals surface area contributed by atoms with Gasteiger partial charge in [-0.2, -0.15) is 0 Å². The summed E-state index contributed by atoms with van der Waals surface area (Å²) in [6, 6.07) is 3.41. The molecule has 0 bridgehead atoms. The Morgan fingerprint density at radius 2 is 1.79 bits per heavy atom. The van der Waals surface area contributed by atoms with E-state index in [1.807, 2.05) is 0 Å². The molecule has 0 atom stereocenters. The van der Waals surface area contributed by atoms with Crippen molar-refractivity contribution in [1.82, 2.24) is 20.4 Å². The fourth-order valence-corrected chi connectivity index (χ4v) is 3.93. The monoisotopic (exact) mass is 389 g/mol. The number of nitrogens with one attached hydrogen (secondary N) is 2. The highest BCUT2D eigenvalue weighted by molar-refractivity contribution is 5.91. The first kappa shape index (κ1) is 20.2. The highest BCUT2D eigenvalue weighted by Crippen LogP contribution is 2.27. The van der Waals surface area contributed by atoms with Crippen LogP contribution in [0.4, 0.5) is 0 Å². The van der Waals surface area contributed by atoms with E-state index in [0.717, 1.165) is 5.96 Å². The molecule has 1 saturated carbocycles. The summed E-state index contributed by atoms with van der Waals surface area (Å²) >= 11 is 0. The molecule has 28 heavy (non-hydrogen) atoms. The number of hydrogen-bond donors (Lipinski definition) is 2. The van der Waals surface area contributed by atoms with Crippen molar-refractivity contribution in [1.29, 1.82) is 0 Å². The molecule has 8 nitrogen and oxygen atoms in total. The Morgan fingerprint density at radius 1 is 1.11 bits per heavy atom. The summed E-state index contributed by atoms with van der Waals surface area (Å²) < 4.78 is 5.20. The maximum absolute atomic E-state index is 12.3. The highest BCUT2D eigenvalue weighted by atomic mass is 16.3. The van der Waals surface area contributed by atoms with E-state index in [-0.39, 0.29) is 11.8 Å². The van der Waals surface area contributed by atoms with Crippen molar-refractivity contribution in [3.8, 4) is 0 Å². The van der Waals surface area contributed by atoms with Gasteiger partial charge in [0.25, 0.3) is 5.91 Å². The first-order chi connectivity index (χ1) is 13.7. The van der Waals surface area contributed by atoms with Crippen LogP contribution in [0.2, 0.25) is 0 Å². The van der Waals surface area contributed by atoms with Crippen molar-refractivity contribution in [3.05, 3.63) is 24.2 Å². The maximum Gasteiger partial charge on any atom is 0.289 e. The van der Waals surface area contributed by atoms with Gasteiger partial charge in [-0.15, -0.1) is 0 Å². The van der Waals surface area contributed by atoms with Gasteiger partial charge in [-0.3, -0.25) is 14.6 Å². The van der Waals surface area contributed by atoms with E-state index in [9.17, 15) is 9.59 Å². The van der Waals surface area contributed by atoms with E-state index in [1.54, 1.807) is 24.1 Å². The second-order valence-corrected chi connectivity index (χ2v) is 7.44. The normalized spacial score (nSPS) is 18.4. The Bertz CT molecular complexity index is 659. The zero-order valence-electron chi connectivity index (χ0n) is 16.7. The molecule has 154 valence electrons. The predicted octanol–water partition coefficient (Wildman–Crippen LogP) is 1.31. The van der Waals surface area contributed by atoms with Crippen LogP contribution < -0.4 is 10.6 Å². The van der Waals surface area contributed by atoms with Crippen LogP contribution in [-0.2, 0) is 4.79 Å². The molecule has 0 unspecified atom stereocenters. The van der Waals surface area contributed by atoms with Crippen LogP contribution in [-0.4, -0.2) is 73.9 Å². The van der Waals surface area contributed by atoms with Crippen molar-refractivity contribution >= 4 is 17.8 Å². The zero-order valence-corrected chi connectivity index (χ0v) is 16.7. The molecule has 1 aromatic heterocycles. The Kier molecular flexibility index (Phi) is 7.33. The SMILES string of the molecule is CN=C(NCCNC(=O)CC1CCCC1)N1CCN(C(=O)c2ccco2)CC1. The minimum atomic E-state index is -0.0717. The first-order valence-electron chi connectivity index (χ1n) is 10.2. The molecule has 1 aliphatic heterocycles. The Labute approximate surface area is 166 Å². The third-order valence-electron chi connectivity index (χ3n) is 5.49. The molecule has 1 aliphatic carbocycles. The quantitative estimate of drug-likeness (QED) is 0.435. The molecule has 2 amide bonds. The van der Waals surface area contributed by atoms with E-state index in [1.165, 1.54) is 31.9 Å². The van der Waals surface area contributed by atoms with Gasteiger partial charge in [0, 0.05) is 52.7 Å². The van der Waals surface area contributed by atoms with E-state index >= 15 is 0 Å². The standard InChI is InChI=1S/C20H31N5O3/c1-21-20(23-9-8-22-18(26)15-16-5-2-3-6-16)25-12-10-24(11-13-25)19(27)17-7-4-14-28-17/h4,7,14,16H,2-3,5-6,8-13,15H2,1H3,(H,21,23)(H,22,26). The van der Waals surface area contributed by atoms with Crippen LogP contribution in [0, 0.1) is 5.92 Å². The Balaban J connectivity index is 1.34. The topological polar surface area (TPSA) is 90.2 Å². The van der Waals surface area contributed by atoms with Crippen molar-refractivity contribution in [2.45, 2.75) is 32.1 Å². The number of aliphatic imine (C=N–C) groups is 1. The second kappa shape index (κ2) is 10.1. The van der Waals surface area contributed by atoms with Crippen molar-refractivity contribution < 1.29 is 14.0 Å². The van der Waals surface area contributed by atoms with Gasteiger partial charge in [-0.05, 0) is 30.9 Å². The van der Waals surface area contributed by atoms with Crippen LogP contribution in [0.3, 0.4) is 0 Å². The highest BCUT2D eigenvalue weighted by Gasteiger charge is 2.25. The third-order valence-corrected chi connectivity index (χ3v) is 5.49. The van der Waals surface area contributed by atoms with E-state index < -0.39 is 0 Å². The number of amides is 2. The van der Waals surface area contributed by atoms with Gasteiger partial charge < -0.3 is 24.9 Å².